The number of carbonyl (C=O) groups excluding carboxylic acids is 1. The number of amidine groups is 1. The van der Waals surface area contributed by atoms with Crippen molar-refractivity contribution in [3.05, 3.63) is 76.4 Å². The highest BCUT2D eigenvalue weighted by Gasteiger charge is 2.49. The van der Waals surface area contributed by atoms with Gasteiger partial charge in [0.05, 0.1) is 12.2 Å². The summed E-state index contributed by atoms with van der Waals surface area (Å²) in [6.07, 6.45) is 5.72. The number of hydrogen-bond acceptors (Lipinski definition) is 5. The number of likely N-dealkylation sites (tertiary alicyclic amines) is 1. The number of hydrogen-bond donors (Lipinski definition) is 1. The Morgan fingerprint density at radius 1 is 1.21 bits per heavy atom. The second-order valence-electron chi connectivity index (χ2n) is 8.63. The highest BCUT2D eigenvalue weighted by molar-refractivity contribution is 7.10. The number of amides is 1. The Labute approximate surface area is 196 Å². The average molecular weight is 454 g/mol. The third kappa shape index (κ3) is 3.55. The number of piperidine rings is 1. The molecule has 164 valence electrons. The fourth-order valence-corrected chi connectivity index (χ4v) is 5.77. The van der Waals surface area contributed by atoms with Gasteiger partial charge in [-0.15, -0.1) is 17.3 Å². The molecule has 0 bridgehead atoms. The molecule has 5 nitrogen and oxygen atoms in total. The van der Waals surface area contributed by atoms with Crippen molar-refractivity contribution in [1.82, 2.24) is 9.88 Å². The van der Waals surface area contributed by atoms with Crippen LogP contribution >= 0.6 is 11.3 Å². The number of carbonyl (C=O) groups is 1. The minimum atomic E-state index is -0.557. The summed E-state index contributed by atoms with van der Waals surface area (Å²) >= 11 is 1.62. The van der Waals surface area contributed by atoms with Gasteiger partial charge in [0.15, 0.2) is 0 Å². The molecule has 0 aliphatic carbocycles. The van der Waals surface area contributed by atoms with Gasteiger partial charge in [0.25, 0.3) is 0 Å². The first-order chi connectivity index (χ1) is 15.9. The van der Waals surface area contributed by atoms with Crippen LogP contribution in [0, 0.1) is 17.3 Å². The Hall–Kier alpha value is -3.69. The van der Waals surface area contributed by atoms with Crippen LogP contribution in [-0.2, 0) is 10.2 Å². The molecule has 4 heterocycles. The van der Waals surface area contributed by atoms with E-state index in [1.54, 1.807) is 30.8 Å². The van der Waals surface area contributed by atoms with Crippen molar-refractivity contribution in [3.63, 3.8) is 0 Å². The second kappa shape index (κ2) is 8.02. The number of thiophene rings is 1. The maximum atomic E-state index is 13.5. The zero-order valence-corrected chi connectivity index (χ0v) is 19.5. The van der Waals surface area contributed by atoms with Crippen LogP contribution in [0.4, 0.5) is 0 Å². The van der Waals surface area contributed by atoms with E-state index >= 15 is 0 Å². The summed E-state index contributed by atoms with van der Waals surface area (Å²) in [4.78, 5) is 20.4. The molecule has 0 radical (unpaired) electrons. The van der Waals surface area contributed by atoms with Gasteiger partial charge >= 0.3 is 0 Å². The fraction of sp³-hybridized carbons (Fsp3) is 0.222. The smallest absolute Gasteiger partial charge is 0.236 e. The lowest BCUT2D eigenvalue weighted by atomic mass is 9.67. The molecule has 1 unspecified atom stereocenters. The van der Waals surface area contributed by atoms with Gasteiger partial charge in [0, 0.05) is 52.7 Å². The van der Waals surface area contributed by atoms with E-state index in [1.165, 1.54) is 4.90 Å². The molecule has 1 N–H and O–H groups in total. The molecule has 1 aromatic carbocycles. The quantitative estimate of drug-likeness (QED) is 0.398. The SMILES string of the molecule is CC#Cc1cncc(-c2csc([C@@]3(C)CC(=N)N(C)C(=O)C3c3ccc4ccoc4c3)c2)c1. The van der Waals surface area contributed by atoms with Crippen LogP contribution < -0.4 is 0 Å². The van der Waals surface area contributed by atoms with Crippen LogP contribution in [0.2, 0.25) is 0 Å². The molecule has 0 spiro atoms. The molecule has 33 heavy (non-hydrogen) atoms. The van der Waals surface area contributed by atoms with Crippen LogP contribution in [0.3, 0.4) is 0 Å². The molecule has 1 fully saturated rings. The molecule has 5 rings (SSSR count). The molecule has 4 aromatic rings. The average Bonchev–Trinajstić information content (AvgIpc) is 3.48. The van der Waals surface area contributed by atoms with Gasteiger partial charge in [-0.3, -0.25) is 15.2 Å². The van der Waals surface area contributed by atoms with Gasteiger partial charge in [-0.05, 0) is 47.7 Å². The highest BCUT2D eigenvalue weighted by Crippen LogP contribution is 2.49. The van der Waals surface area contributed by atoms with E-state index in [1.807, 2.05) is 43.5 Å². The van der Waals surface area contributed by atoms with E-state index in [4.69, 9.17) is 9.83 Å². The Balaban J connectivity index is 1.61. The fourth-order valence-electron chi connectivity index (χ4n) is 4.66. The van der Waals surface area contributed by atoms with Crippen molar-refractivity contribution >= 4 is 34.0 Å². The van der Waals surface area contributed by atoms with Crippen molar-refractivity contribution in [2.24, 2.45) is 0 Å². The van der Waals surface area contributed by atoms with Gasteiger partial charge in [0.2, 0.25) is 5.91 Å². The largest absolute Gasteiger partial charge is 0.464 e. The molecule has 1 amide bonds. The third-order valence-electron chi connectivity index (χ3n) is 6.47. The summed E-state index contributed by atoms with van der Waals surface area (Å²) in [6.45, 7) is 3.90. The number of nitrogens with one attached hydrogen (secondary N) is 1. The van der Waals surface area contributed by atoms with Crippen LogP contribution in [0.5, 0.6) is 0 Å². The monoisotopic (exact) mass is 453 g/mol. The molecule has 1 aliphatic rings. The summed E-state index contributed by atoms with van der Waals surface area (Å²) in [5.41, 5.74) is 4.01. The Morgan fingerprint density at radius 2 is 2.06 bits per heavy atom. The number of pyridine rings is 1. The Kier molecular flexibility index (Phi) is 5.15. The van der Waals surface area contributed by atoms with Crippen LogP contribution in [0.15, 0.2) is 64.9 Å². The van der Waals surface area contributed by atoms with Crippen molar-refractivity contribution in [2.45, 2.75) is 31.6 Å². The summed E-state index contributed by atoms with van der Waals surface area (Å²) in [7, 11) is 1.69. The number of fused-ring (bicyclic) bond motifs is 1. The molecule has 1 saturated heterocycles. The molecule has 6 heteroatoms. The van der Waals surface area contributed by atoms with Gasteiger partial charge in [-0.1, -0.05) is 25.0 Å². The third-order valence-corrected chi connectivity index (χ3v) is 7.68. The first-order valence-electron chi connectivity index (χ1n) is 10.7. The lowest BCUT2D eigenvalue weighted by Crippen LogP contribution is -2.51. The highest BCUT2D eigenvalue weighted by atomic mass is 32.1. The lowest BCUT2D eigenvalue weighted by molar-refractivity contribution is -0.131. The molecular weight excluding hydrogens is 430 g/mol. The van der Waals surface area contributed by atoms with Crippen LogP contribution in [-0.4, -0.2) is 28.7 Å². The van der Waals surface area contributed by atoms with E-state index in [-0.39, 0.29) is 5.91 Å². The summed E-state index contributed by atoms with van der Waals surface area (Å²) in [5, 5.41) is 11.6. The standard InChI is InChI=1S/C27H23N3O2S/c1-4-5-17-10-20(15-29-14-17)21-12-23(33-16-21)27(2)13-24(28)30(3)26(31)25(27)19-7-6-18-8-9-32-22(18)11-19/h6-12,14-16,25,28H,13H2,1-3H3/t25?,27-/m1/s1. The second-order valence-corrected chi connectivity index (χ2v) is 9.54. The van der Waals surface area contributed by atoms with Crippen LogP contribution in [0.1, 0.15) is 42.2 Å². The lowest BCUT2D eigenvalue weighted by Gasteiger charge is -2.44. The van der Waals surface area contributed by atoms with Crippen molar-refractivity contribution < 1.29 is 9.21 Å². The zero-order chi connectivity index (χ0) is 23.2. The topological polar surface area (TPSA) is 70.2 Å². The first kappa shape index (κ1) is 21.2. The first-order valence-corrected chi connectivity index (χ1v) is 11.6. The number of rotatable bonds is 3. The van der Waals surface area contributed by atoms with E-state index in [0.29, 0.717) is 12.3 Å². The van der Waals surface area contributed by atoms with Gasteiger partial charge in [-0.2, -0.15) is 0 Å². The van der Waals surface area contributed by atoms with Gasteiger partial charge in [-0.25, -0.2) is 0 Å². The summed E-state index contributed by atoms with van der Waals surface area (Å²) in [6, 6.07) is 12.0. The van der Waals surface area contributed by atoms with E-state index in [9.17, 15) is 4.79 Å². The van der Waals surface area contributed by atoms with Crippen molar-refractivity contribution in [1.29, 1.82) is 5.41 Å². The number of aromatic nitrogens is 1. The van der Waals surface area contributed by atoms with E-state index in [0.717, 1.165) is 38.1 Å². The number of likely N-dealkylation sites (N-methyl/N-ethyl adjacent to an activating group) is 1. The van der Waals surface area contributed by atoms with Crippen molar-refractivity contribution in [3.8, 4) is 23.0 Å². The Bertz CT molecular complexity index is 1450. The van der Waals surface area contributed by atoms with Crippen molar-refractivity contribution in [2.75, 3.05) is 7.05 Å². The molecule has 2 atom stereocenters. The van der Waals surface area contributed by atoms with Crippen LogP contribution in [0.25, 0.3) is 22.1 Å². The molecular formula is C27H23N3O2S. The molecule has 1 aliphatic heterocycles. The minimum absolute atomic E-state index is 0.0727. The predicted molar refractivity (Wildman–Crippen MR) is 132 cm³/mol. The predicted octanol–water partition coefficient (Wildman–Crippen LogP) is 5.81. The minimum Gasteiger partial charge on any atom is -0.464 e. The number of benzene rings is 1. The zero-order valence-electron chi connectivity index (χ0n) is 18.7. The summed E-state index contributed by atoms with van der Waals surface area (Å²) in [5.74, 6) is 5.80. The maximum Gasteiger partial charge on any atom is 0.236 e. The normalized spacial score (nSPS) is 20.7. The van der Waals surface area contributed by atoms with E-state index in [2.05, 4.69) is 35.2 Å². The van der Waals surface area contributed by atoms with E-state index < -0.39 is 11.3 Å². The number of furan rings is 1. The Morgan fingerprint density at radius 3 is 2.88 bits per heavy atom. The number of nitrogens with zero attached hydrogens (tertiary/aromatic N) is 2. The maximum absolute atomic E-state index is 13.5. The van der Waals surface area contributed by atoms with Gasteiger partial charge < -0.3 is 9.32 Å². The molecule has 0 saturated carbocycles. The van der Waals surface area contributed by atoms with Gasteiger partial charge in [0.1, 0.15) is 11.4 Å². The molecule has 3 aromatic heterocycles. The summed E-state index contributed by atoms with van der Waals surface area (Å²) < 4.78 is 5.62.